The molecule has 1 amide bonds. The molecule has 0 fully saturated rings. The van der Waals surface area contributed by atoms with E-state index in [1.165, 1.54) is 0 Å². The summed E-state index contributed by atoms with van der Waals surface area (Å²) in [5.74, 6) is -0.782. The number of aromatic nitrogens is 1. The molecule has 4 nitrogen and oxygen atoms in total. The van der Waals surface area contributed by atoms with Gasteiger partial charge in [-0.25, -0.2) is 0 Å². The maximum atomic E-state index is 11.4. The number of aryl methyl sites for hydroxylation is 1. The highest BCUT2D eigenvalue weighted by Crippen LogP contribution is 2.24. The van der Waals surface area contributed by atoms with Crippen molar-refractivity contribution in [1.29, 1.82) is 5.26 Å². The molecule has 1 atom stereocenters. The van der Waals surface area contributed by atoms with Gasteiger partial charge in [-0.3, -0.25) is 9.78 Å². The van der Waals surface area contributed by atoms with Gasteiger partial charge in [0.05, 0.1) is 17.7 Å². The molecule has 2 aromatic rings. The average Bonchev–Trinajstić information content (AvgIpc) is 2.36. The molecule has 0 radical (unpaired) electrons. The number of fused-ring (bicyclic) bond motifs is 1. The third kappa shape index (κ3) is 1.91. The highest BCUT2D eigenvalue weighted by molar-refractivity contribution is 6.06. The largest absolute Gasteiger partial charge is 0.366 e. The van der Waals surface area contributed by atoms with Crippen LogP contribution < -0.4 is 5.73 Å². The number of primary amides is 1. The lowest BCUT2D eigenvalue weighted by molar-refractivity contribution is 0.100. The molecule has 0 aliphatic heterocycles. The number of rotatable bonds is 2. The van der Waals surface area contributed by atoms with E-state index in [9.17, 15) is 4.79 Å². The molecule has 18 heavy (non-hydrogen) atoms. The summed E-state index contributed by atoms with van der Waals surface area (Å²) in [5.41, 5.74) is 7.29. The Hall–Kier alpha value is -2.41. The fourth-order valence-electron chi connectivity index (χ4n) is 1.97. The number of amides is 1. The maximum Gasteiger partial charge on any atom is 0.249 e. The standard InChI is InChI=1S/C14H13N3O/c1-8(7-15)13-6-12-10(9(2)17-13)4-3-5-11(12)14(16)18/h3-6,8H,1-2H3,(H2,16,18). The molecule has 2 rings (SSSR count). The van der Waals surface area contributed by atoms with E-state index in [-0.39, 0.29) is 5.92 Å². The van der Waals surface area contributed by atoms with Gasteiger partial charge in [0.15, 0.2) is 0 Å². The number of pyridine rings is 1. The van der Waals surface area contributed by atoms with Crippen molar-refractivity contribution in [3.63, 3.8) is 0 Å². The van der Waals surface area contributed by atoms with Crippen LogP contribution in [0.3, 0.4) is 0 Å². The van der Waals surface area contributed by atoms with E-state index in [4.69, 9.17) is 11.0 Å². The Balaban J connectivity index is 2.81. The molecule has 0 spiro atoms. The van der Waals surface area contributed by atoms with E-state index in [1.54, 1.807) is 25.1 Å². The molecular weight excluding hydrogens is 226 g/mol. The molecule has 4 heteroatoms. The van der Waals surface area contributed by atoms with Gasteiger partial charge in [0.25, 0.3) is 0 Å². The van der Waals surface area contributed by atoms with Crippen LogP contribution in [-0.4, -0.2) is 10.9 Å². The molecule has 0 saturated carbocycles. The molecule has 1 aromatic heterocycles. The van der Waals surface area contributed by atoms with E-state index < -0.39 is 5.91 Å². The zero-order valence-corrected chi connectivity index (χ0v) is 10.3. The van der Waals surface area contributed by atoms with Crippen molar-refractivity contribution >= 4 is 16.7 Å². The van der Waals surface area contributed by atoms with Crippen molar-refractivity contribution < 1.29 is 4.79 Å². The van der Waals surface area contributed by atoms with Crippen LogP contribution in [0.25, 0.3) is 10.8 Å². The van der Waals surface area contributed by atoms with Crippen LogP contribution in [-0.2, 0) is 0 Å². The Labute approximate surface area is 105 Å². The molecule has 1 unspecified atom stereocenters. The fourth-order valence-corrected chi connectivity index (χ4v) is 1.97. The van der Waals surface area contributed by atoms with Crippen LogP contribution in [0.1, 0.15) is 34.6 Å². The average molecular weight is 239 g/mol. The number of nitrogens with two attached hydrogens (primary N) is 1. The fraction of sp³-hybridized carbons (Fsp3) is 0.214. The molecule has 1 aromatic carbocycles. The minimum Gasteiger partial charge on any atom is -0.366 e. The summed E-state index contributed by atoms with van der Waals surface area (Å²) in [4.78, 5) is 15.8. The Morgan fingerprint density at radius 3 is 2.78 bits per heavy atom. The second-order valence-corrected chi connectivity index (χ2v) is 4.25. The van der Waals surface area contributed by atoms with Crippen molar-refractivity contribution in [2.75, 3.05) is 0 Å². The minimum absolute atomic E-state index is 0.311. The van der Waals surface area contributed by atoms with E-state index in [0.717, 1.165) is 16.5 Å². The Bertz CT molecular complexity index is 671. The highest BCUT2D eigenvalue weighted by Gasteiger charge is 2.13. The van der Waals surface area contributed by atoms with E-state index >= 15 is 0 Å². The van der Waals surface area contributed by atoms with Gasteiger partial charge in [-0.05, 0) is 31.4 Å². The van der Waals surface area contributed by atoms with Gasteiger partial charge in [-0.1, -0.05) is 12.1 Å². The quantitative estimate of drug-likeness (QED) is 0.872. The van der Waals surface area contributed by atoms with Gasteiger partial charge in [-0.2, -0.15) is 5.26 Å². The number of hydrogen-bond donors (Lipinski definition) is 1. The topological polar surface area (TPSA) is 79.8 Å². The van der Waals surface area contributed by atoms with Gasteiger partial charge >= 0.3 is 0 Å². The molecule has 2 N–H and O–H groups in total. The summed E-state index contributed by atoms with van der Waals surface area (Å²) < 4.78 is 0. The Morgan fingerprint density at radius 1 is 1.44 bits per heavy atom. The first kappa shape index (κ1) is 12.1. The van der Waals surface area contributed by atoms with Gasteiger partial charge in [0, 0.05) is 16.6 Å². The molecule has 0 aliphatic rings. The summed E-state index contributed by atoms with van der Waals surface area (Å²) >= 11 is 0. The van der Waals surface area contributed by atoms with Gasteiger partial charge in [0.2, 0.25) is 5.91 Å². The third-order valence-corrected chi connectivity index (χ3v) is 2.99. The maximum absolute atomic E-state index is 11.4. The van der Waals surface area contributed by atoms with E-state index in [0.29, 0.717) is 11.3 Å². The smallest absolute Gasteiger partial charge is 0.249 e. The molecule has 0 bridgehead atoms. The van der Waals surface area contributed by atoms with Crippen LogP contribution >= 0.6 is 0 Å². The van der Waals surface area contributed by atoms with Crippen molar-refractivity contribution in [1.82, 2.24) is 4.98 Å². The van der Waals surface area contributed by atoms with Gasteiger partial charge < -0.3 is 5.73 Å². The van der Waals surface area contributed by atoms with Crippen molar-refractivity contribution in [2.45, 2.75) is 19.8 Å². The zero-order chi connectivity index (χ0) is 13.3. The summed E-state index contributed by atoms with van der Waals surface area (Å²) in [6.07, 6.45) is 0. The molecule has 1 heterocycles. The Kier molecular flexibility index (Phi) is 2.99. The predicted octanol–water partition coefficient (Wildman–Crippen LogP) is 2.27. The summed E-state index contributed by atoms with van der Waals surface area (Å²) in [6, 6.07) is 9.28. The van der Waals surface area contributed by atoms with Crippen LogP contribution in [0.4, 0.5) is 0 Å². The van der Waals surface area contributed by atoms with Crippen LogP contribution in [0.2, 0.25) is 0 Å². The number of nitriles is 1. The van der Waals surface area contributed by atoms with Crippen molar-refractivity contribution in [3.8, 4) is 6.07 Å². The van der Waals surface area contributed by atoms with E-state index in [1.807, 2.05) is 13.0 Å². The predicted molar refractivity (Wildman–Crippen MR) is 69.0 cm³/mol. The second-order valence-electron chi connectivity index (χ2n) is 4.25. The summed E-state index contributed by atoms with van der Waals surface area (Å²) in [7, 11) is 0. The number of benzene rings is 1. The molecular formula is C14H13N3O. The summed E-state index contributed by atoms with van der Waals surface area (Å²) in [5, 5.41) is 10.6. The van der Waals surface area contributed by atoms with Gasteiger partial charge in [0.1, 0.15) is 0 Å². The lowest BCUT2D eigenvalue weighted by Crippen LogP contribution is -2.12. The lowest BCUT2D eigenvalue weighted by atomic mass is 9.99. The zero-order valence-electron chi connectivity index (χ0n) is 10.3. The monoisotopic (exact) mass is 239 g/mol. The van der Waals surface area contributed by atoms with Gasteiger partial charge in [-0.15, -0.1) is 0 Å². The van der Waals surface area contributed by atoms with Crippen LogP contribution in [0.5, 0.6) is 0 Å². The number of carbonyl (C=O) groups excluding carboxylic acids is 1. The first-order valence-electron chi connectivity index (χ1n) is 5.64. The third-order valence-electron chi connectivity index (χ3n) is 2.99. The van der Waals surface area contributed by atoms with Crippen LogP contribution in [0.15, 0.2) is 24.3 Å². The summed E-state index contributed by atoms with van der Waals surface area (Å²) in [6.45, 7) is 3.64. The molecule has 90 valence electrons. The first-order chi connectivity index (χ1) is 8.54. The Morgan fingerprint density at radius 2 is 2.17 bits per heavy atom. The van der Waals surface area contributed by atoms with Crippen LogP contribution in [0, 0.1) is 18.3 Å². The number of nitrogens with zero attached hydrogens (tertiary/aromatic N) is 2. The molecule has 0 aliphatic carbocycles. The normalized spacial score (nSPS) is 12.1. The number of carbonyl (C=O) groups is 1. The van der Waals surface area contributed by atoms with Crippen molar-refractivity contribution in [3.05, 3.63) is 41.2 Å². The first-order valence-corrected chi connectivity index (χ1v) is 5.64. The SMILES string of the molecule is Cc1nc(C(C)C#N)cc2c(C(N)=O)cccc12. The minimum atomic E-state index is -0.471. The van der Waals surface area contributed by atoms with E-state index in [2.05, 4.69) is 11.1 Å². The second kappa shape index (κ2) is 4.46. The highest BCUT2D eigenvalue weighted by atomic mass is 16.1. The number of hydrogen-bond acceptors (Lipinski definition) is 3. The van der Waals surface area contributed by atoms with Crippen molar-refractivity contribution in [2.24, 2.45) is 5.73 Å². The molecule has 0 saturated heterocycles. The lowest BCUT2D eigenvalue weighted by Gasteiger charge is -2.09.